The zero-order valence-electron chi connectivity index (χ0n) is 19.4. The first-order valence-electron chi connectivity index (χ1n) is 12.6. The van der Waals surface area contributed by atoms with Gasteiger partial charge in [0.15, 0.2) is 0 Å². The van der Waals surface area contributed by atoms with Gasteiger partial charge in [0.25, 0.3) is 5.91 Å². The number of fused-ring (bicyclic) bond motifs is 1. The Labute approximate surface area is 195 Å². The molecule has 2 aliphatic carbocycles. The topological polar surface area (TPSA) is 78.5 Å². The van der Waals surface area contributed by atoms with Crippen molar-refractivity contribution in [2.75, 3.05) is 0 Å². The summed E-state index contributed by atoms with van der Waals surface area (Å²) in [7, 11) is 2.33. The van der Waals surface area contributed by atoms with E-state index in [1.54, 1.807) is 12.1 Å². The third-order valence-electron chi connectivity index (χ3n) is 8.36. The first-order chi connectivity index (χ1) is 15.8. The zero-order chi connectivity index (χ0) is 23.2. The van der Waals surface area contributed by atoms with Crippen LogP contribution >= 0.6 is 0 Å². The van der Waals surface area contributed by atoms with Crippen LogP contribution in [0.4, 0.5) is 4.39 Å². The van der Waals surface area contributed by atoms with E-state index >= 15 is 4.39 Å². The second-order valence-electron chi connectivity index (χ2n) is 10.7. The lowest BCUT2D eigenvalue weighted by Gasteiger charge is -2.39. The second-order valence-corrected chi connectivity index (χ2v) is 10.7. The Balaban J connectivity index is 1.33. The molecule has 3 atom stereocenters. The molecule has 4 aliphatic rings. The van der Waals surface area contributed by atoms with Crippen molar-refractivity contribution in [1.82, 2.24) is 15.5 Å². The van der Waals surface area contributed by atoms with E-state index in [4.69, 9.17) is 0 Å². The van der Waals surface area contributed by atoms with Crippen LogP contribution in [0.2, 0.25) is 0 Å². The molecule has 6 nitrogen and oxygen atoms in total. The number of amides is 3. The average molecular weight is 453 g/mol. The van der Waals surface area contributed by atoms with E-state index in [0.29, 0.717) is 35.1 Å². The lowest BCUT2D eigenvalue weighted by Crippen LogP contribution is -2.53. The molecule has 2 N–H and O–H groups in total. The fourth-order valence-electron chi connectivity index (χ4n) is 6.48. The number of nitrogens with one attached hydrogen (secondary N) is 2. The third kappa shape index (κ3) is 4.34. The minimum absolute atomic E-state index is 0.0878. The molecule has 2 heterocycles. The number of hydrogen-bond donors (Lipinski definition) is 2. The van der Waals surface area contributed by atoms with E-state index in [1.807, 2.05) is 0 Å². The minimum Gasteiger partial charge on any atom is -0.322 e. The number of piperidine rings is 1. The Kier molecular flexibility index (Phi) is 6.06. The molecule has 2 aliphatic heterocycles. The number of hydrogen-bond acceptors (Lipinski definition) is 4. The molecule has 5 rings (SSSR count). The average Bonchev–Trinajstić information content (AvgIpc) is 3.35. The molecule has 3 fully saturated rings. The van der Waals surface area contributed by atoms with Gasteiger partial charge in [0.05, 0.1) is 6.54 Å². The molecule has 1 aromatic carbocycles. The SMILES string of the molecule is BC1(N[C@H]2CCCC[C@@H]2Cc2ccc3c(c2F)CN(C2CCC(=O)NC2=O)C3=O)CCCC1. The summed E-state index contributed by atoms with van der Waals surface area (Å²) < 4.78 is 15.7. The van der Waals surface area contributed by atoms with Gasteiger partial charge >= 0.3 is 0 Å². The second kappa shape index (κ2) is 8.86. The van der Waals surface area contributed by atoms with Gasteiger partial charge in [0.2, 0.25) is 11.8 Å². The summed E-state index contributed by atoms with van der Waals surface area (Å²) in [5.41, 5.74) is 1.61. The highest BCUT2D eigenvalue weighted by Crippen LogP contribution is 2.36. The lowest BCUT2D eigenvalue weighted by atomic mass is 9.72. The van der Waals surface area contributed by atoms with Crippen LogP contribution in [-0.2, 0) is 22.6 Å². The fourth-order valence-corrected chi connectivity index (χ4v) is 6.48. The van der Waals surface area contributed by atoms with Crippen molar-refractivity contribution in [3.8, 4) is 0 Å². The maximum atomic E-state index is 15.7. The predicted molar refractivity (Wildman–Crippen MR) is 125 cm³/mol. The number of nitrogens with zero attached hydrogens (tertiary/aromatic N) is 1. The Bertz CT molecular complexity index is 978. The summed E-state index contributed by atoms with van der Waals surface area (Å²) in [5, 5.41) is 6.24. The van der Waals surface area contributed by atoms with Crippen molar-refractivity contribution >= 4 is 25.6 Å². The van der Waals surface area contributed by atoms with Crippen molar-refractivity contribution in [1.29, 1.82) is 0 Å². The van der Waals surface area contributed by atoms with Gasteiger partial charge in [-0.15, -0.1) is 0 Å². The number of halogens is 1. The van der Waals surface area contributed by atoms with E-state index in [-0.39, 0.29) is 42.5 Å². The van der Waals surface area contributed by atoms with Crippen LogP contribution < -0.4 is 10.6 Å². The summed E-state index contributed by atoms with van der Waals surface area (Å²) in [6, 6.07) is 3.18. The predicted octanol–water partition coefficient (Wildman–Crippen LogP) is 2.18. The number of imide groups is 1. The highest BCUT2D eigenvalue weighted by Gasteiger charge is 2.41. The van der Waals surface area contributed by atoms with E-state index in [1.165, 1.54) is 43.4 Å². The number of rotatable bonds is 5. The van der Waals surface area contributed by atoms with E-state index in [2.05, 4.69) is 18.5 Å². The quantitative estimate of drug-likeness (QED) is 0.529. The molecule has 8 heteroatoms. The number of benzene rings is 1. The van der Waals surface area contributed by atoms with Crippen molar-refractivity contribution in [2.24, 2.45) is 5.92 Å². The van der Waals surface area contributed by atoms with Gasteiger partial charge in [-0.1, -0.05) is 31.7 Å². The van der Waals surface area contributed by atoms with Crippen molar-refractivity contribution in [2.45, 2.75) is 94.7 Å². The van der Waals surface area contributed by atoms with Gasteiger partial charge in [0.1, 0.15) is 19.7 Å². The molecule has 33 heavy (non-hydrogen) atoms. The van der Waals surface area contributed by atoms with Gasteiger partial charge < -0.3 is 10.2 Å². The molecule has 0 aromatic heterocycles. The summed E-state index contributed by atoms with van der Waals surface area (Å²) in [6.45, 7) is 0.0878. The molecule has 0 bridgehead atoms. The van der Waals surface area contributed by atoms with Gasteiger partial charge in [-0.3, -0.25) is 19.7 Å². The standard InChI is InChI=1S/C25H33BFN3O3/c26-25(11-3-4-12-25)29-19-6-2-1-5-15(19)13-16-7-8-17-18(22(16)27)14-30(24(17)33)20-9-10-21(31)28-23(20)32/h7-8,15,19-20,29H,1-6,9-14,26H2,(H,28,31,32)/t15-,19+,20?/m1/s1. The van der Waals surface area contributed by atoms with Gasteiger partial charge in [-0.2, -0.15) is 0 Å². The molecule has 2 saturated carbocycles. The van der Waals surface area contributed by atoms with E-state index in [0.717, 1.165) is 12.8 Å². The molecule has 0 radical (unpaired) electrons. The fraction of sp³-hybridized carbons (Fsp3) is 0.640. The van der Waals surface area contributed by atoms with Crippen LogP contribution in [0.5, 0.6) is 0 Å². The first kappa shape index (κ1) is 22.6. The van der Waals surface area contributed by atoms with Gasteiger partial charge in [0, 0.05) is 23.6 Å². The number of carbonyl (C=O) groups excluding carboxylic acids is 3. The molecule has 176 valence electrons. The first-order valence-corrected chi connectivity index (χ1v) is 12.6. The Morgan fingerprint density at radius 3 is 2.61 bits per heavy atom. The molecule has 1 unspecified atom stereocenters. The zero-order valence-corrected chi connectivity index (χ0v) is 19.4. The lowest BCUT2D eigenvalue weighted by molar-refractivity contribution is -0.136. The van der Waals surface area contributed by atoms with Crippen LogP contribution in [0.1, 0.15) is 85.7 Å². The number of carbonyl (C=O) groups is 3. The molecule has 3 amide bonds. The van der Waals surface area contributed by atoms with Crippen molar-refractivity contribution < 1.29 is 18.8 Å². The maximum Gasteiger partial charge on any atom is 0.255 e. The highest BCUT2D eigenvalue weighted by molar-refractivity contribution is 6.15. The molecular formula is C25H33BFN3O3. The minimum atomic E-state index is -0.718. The highest BCUT2D eigenvalue weighted by atomic mass is 19.1. The van der Waals surface area contributed by atoms with Crippen LogP contribution in [0.25, 0.3) is 0 Å². The Hall–Kier alpha value is -2.22. The van der Waals surface area contributed by atoms with Crippen LogP contribution in [-0.4, -0.2) is 48.0 Å². The van der Waals surface area contributed by atoms with E-state index in [9.17, 15) is 14.4 Å². The summed E-state index contributed by atoms with van der Waals surface area (Å²) in [5.74, 6) is -1.03. The summed E-state index contributed by atoms with van der Waals surface area (Å²) in [4.78, 5) is 38.1. The van der Waals surface area contributed by atoms with Crippen LogP contribution in [0.3, 0.4) is 0 Å². The smallest absolute Gasteiger partial charge is 0.255 e. The molecule has 1 aromatic rings. The van der Waals surface area contributed by atoms with Gasteiger partial charge in [-0.25, -0.2) is 4.39 Å². The summed E-state index contributed by atoms with van der Waals surface area (Å²) in [6.07, 6.45) is 10.7. The molecular weight excluding hydrogens is 420 g/mol. The maximum absolute atomic E-state index is 15.7. The molecule has 0 spiro atoms. The Morgan fingerprint density at radius 2 is 1.85 bits per heavy atom. The third-order valence-corrected chi connectivity index (χ3v) is 8.36. The van der Waals surface area contributed by atoms with Crippen molar-refractivity contribution in [3.63, 3.8) is 0 Å². The van der Waals surface area contributed by atoms with Crippen LogP contribution in [0, 0.1) is 11.7 Å². The van der Waals surface area contributed by atoms with Gasteiger partial charge in [-0.05, 0) is 61.5 Å². The Morgan fingerprint density at radius 1 is 1.09 bits per heavy atom. The largest absolute Gasteiger partial charge is 0.322 e. The monoisotopic (exact) mass is 453 g/mol. The van der Waals surface area contributed by atoms with E-state index < -0.39 is 11.9 Å². The normalized spacial score (nSPS) is 29.3. The molecule has 1 saturated heterocycles. The summed E-state index contributed by atoms with van der Waals surface area (Å²) >= 11 is 0. The van der Waals surface area contributed by atoms with Crippen LogP contribution in [0.15, 0.2) is 12.1 Å². The van der Waals surface area contributed by atoms with Crippen molar-refractivity contribution in [3.05, 3.63) is 34.6 Å².